The van der Waals surface area contributed by atoms with Crippen LogP contribution in [0.15, 0.2) is 4.99 Å². The van der Waals surface area contributed by atoms with Gasteiger partial charge in [-0.15, -0.1) is 0 Å². The molecule has 0 amide bonds. The first-order valence-corrected chi connectivity index (χ1v) is 7.29. The summed E-state index contributed by atoms with van der Waals surface area (Å²) in [5.74, 6) is 0.683. The van der Waals surface area contributed by atoms with Crippen molar-refractivity contribution in [2.45, 2.75) is 37.9 Å². The van der Waals surface area contributed by atoms with Crippen molar-refractivity contribution >= 4 is 16.9 Å². The monoisotopic (exact) mass is 242 g/mol. The van der Waals surface area contributed by atoms with Crippen LogP contribution in [0.5, 0.6) is 0 Å². The maximum Gasteiger partial charge on any atom is 0.156 e. The summed E-state index contributed by atoms with van der Waals surface area (Å²) in [5, 5.41) is 5.35. The predicted molar refractivity (Wildman–Crippen MR) is 70.1 cm³/mol. The SMILES string of the molecule is CCCC1CN=C(NCC2CCCOC2)S1. The van der Waals surface area contributed by atoms with Gasteiger partial charge in [0, 0.05) is 18.4 Å². The second-order valence-corrected chi connectivity index (χ2v) is 5.93. The Balaban J connectivity index is 1.63. The van der Waals surface area contributed by atoms with Gasteiger partial charge in [-0.1, -0.05) is 25.1 Å². The molecule has 4 heteroatoms. The van der Waals surface area contributed by atoms with Crippen LogP contribution in [0, 0.1) is 5.92 Å². The first kappa shape index (κ1) is 12.2. The minimum absolute atomic E-state index is 0.683. The quantitative estimate of drug-likeness (QED) is 0.821. The number of hydrogen-bond donors (Lipinski definition) is 1. The van der Waals surface area contributed by atoms with E-state index in [4.69, 9.17) is 4.74 Å². The van der Waals surface area contributed by atoms with Crippen molar-refractivity contribution in [2.75, 3.05) is 26.3 Å². The normalized spacial score (nSPS) is 30.2. The molecule has 0 aromatic heterocycles. The molecule has 2 heterocycles. The average Bonchev–Trinajstić information content (AvgIpc) is 2.76. The molecule has 1 fully saturated rings. The first-order valence-electron chi connectivity index (χ1n) is 6.41. The maximum atomic E-state index is 5.47. The van der Waals surface area contributed by atoms with Crippen molar-refractivity contribution < 1.29 is 4.74 Å². The molecule has 0 radical (unpaired) electrons. The Morgan fingerprint density at radius 2 is 2.50 bits per heavy atom. The topological polar surface area (TPSA) is 33.6 Å². The summed E-state index contributed by atoms with van der Waals surface area (Å²) in [4.78, 5) is 4.55. The lowest BCUT2D eigenvalue weighted by Gasteiger charge is -2.22. The molecular formula is C12H22N2OS. The lowest BCUT2D eigenvalue weighted by atomic mass is 10.0. The zero-order valence-corrected chi connectivity index (χ0v) is 10.9. The highest BCUT2D eigenvalue weighted by Gasteiger charge is 2.20. The van der Waals surface area contributed by atoms with Crippen LogP contribution >= 0.6 is 11.8 Å². The van der Waals surface area contributed by atoms with Crippen LogP contribution in [0.4, 0.5) is 0 Å². The summed E-state index contributed by atoms with van der Waals surface area (Å²) in [6, 6.07) is 0. The standard InChI is InChI=1S/C12H22N2OS/c1-2-4-11-8-14-12(16-11)13-7-10-5-3-6-15-9-10/h10-11H,2-9H2,1H3,(H,13,14). The Labute approximate surface area is 102 Å². The van der Waals surface area contributed by atoms with Crippen molar-refractivity contribution in [1.29, 1.82) is 0 Å². The lowest BCUT2D eigenvalue weighted by Crippen LogP contribution is -2.31. The summed E-state index contributed by atoms with van der Waals surface area (Å²) >= 11 is 1.92. The number of ether oxygens (including phenoxy) is 1. The minimum atomic E-state index is 0.683. The second kappa shape index (κ2) is 6.50. The van der Waals surface area contributed by atoms with Crippen LogP contribution in [0.1, 0.15) is 32.6 Å². The van der Waals surface area contributed by atoms with Crippen LogP contribution in [-0.2, 0) is 4.74 Å². The number of thioether (sulfide) groups is 1. The van der Waals surface area contributed by atoms with Gasteiger partial charge in [0.1, 0.15) is 0 Å². The Hall–Kier alpha value is -0.220. The molecule has 0 bridgehead atoms. The van der Waals surface area contributed by atoms with Crippen LogP contribution in [0.2, 0.25) is 0 Å². The number of hydrogen-bond acceptors (Lipinski definition) is 4. The van der Waals surface area contributed by atoms with Crippen molar-refractivity contribution in [3.05, 3.63) is 0 Å². The third-order valence-corrected chi connectivity index (χ3v) is 4.34. The molecule has 0 saturated carbocycles. The molecule has 2 unspecified atom stereocenters. The second-order valence-electron chi connectivity index (χ2n) is 4.64. The highest BCUT2D eigenvalue weighted by molar-refractivity contribution is 8.14. The van der Waals surface area contributed by atoms with Gasteiger partial charge in [-0.2, -0.15) is 0 Å². The zero-order chi connectivity index (χ0) is 11.2. The van der Waals surface area contributed by atoms with Crippen LogP contribution in [0.3, 0.4) is 0 Å². The molecule has 0 aliphatic carbocycles. The molecule has 2 atom stereocenters. The third-order valence-electron chi connectivity index (χ3n) is 3.12. The molecule has 3 nitrogen and oxygen atoms in total. The Morgan fingerprint density at radius 3 is 3.25 bits per heavy atom. The fourth-order valence-electron chi connectivity index (χ4n) is 2.19. The largest absolute Gasteiger partial charge is 0.381 e. The number of aliphatic imine (C=N–C) groups is 1. The number of rotatable bonds is 4. The van der Waals surface area contributed by atoms with E-state index in [1.165, 1.54) is 25.7 Å². The van der Waals surface area contributed by atoms with Gasteiger partial charge in [-0.3, -0.25) is 4.99 Å². The van der Waals surface area contributed by atoms with Crippen molar-refractivity contribution in [1.82, 2.24) is 5.32 Å². The molecule has 1 saturated heterocycles. The van der Waals surface area contributed by atoms with Gasteiger partial charge in [-0.05, 0) is 25.2 Å². The van der Waals surface area contributed by atoms with E-state index in [1.807, 2.05) is 11.8 Å². The fraction of sp³-hybridized carbons (Fsp3) is 0.917. The Morgan fingerprint density at radius 1 is 1.56 bits per heavy atom. The minimum Gasteiger partial charge on any atom is -0.381 e. The molecule has 16 heavy (non-hydrogen) atoms. The van der Waals surface area contributed by atoms with Gasteiger partial charge in [0.25, 0.3) is 0 Å². The maximum absolute atomic E-state index is 5.47. The van der Waals surface area contributed by atoms with E-state index in [9.17, 15) is 0 Å². The summed E-state index contributed by atoms with van der Waals surface area (Å²) in [6.07, 6.45) is 5.05. The Kier molecular flexibility index (Phi) is 4.97. The lowest BCUT2D eigenvalue weighted by molar-refractivity contribution is 0.0565. The summed E-state index contributed by atoms with van der Waals surface area (Å²) in [7, 11) is 0. The van der Waals surface area contributed by atoms with E-state index in [0.29, 0.717) is 5.92 Å². The molecule has 0 spiro atoms. The Bertz CT molecular complexity index is 239. The highest BCUT2D eigenvalue weighted by Crippen LogP contribution is 2.23. The van der Waals surface area contributed by atoms with Crippen LogP contribution in [-0.4, -0.2) is 36.7 Å². The summed E-state index contributed by atoms with van der Waals surface area (Å²) in [6.45, 7) is 6.14. The molecular weight excluding hydrogens is 220 g/mol. The van der Waals surface area contributed by atoms with Gasteiger partial charge in [0.15, 0.2) is 5.17 Å². The van der Waals surface area contributed by atoms with Gasteiger partial charge in [0.05, 0.1) is 13.2 Å². The fourth-order valence-corrected chi connectivity index (χ4v) is 3.32. The van der Waals surface area contributed by atoms with E-state index < -0.39 is 0 Å². The van der Waals surface area contributed by atoms with E-state index in [0.717, 1.165) is 36.7 Å². The number of nitrogens with one attached hydrogen (secondary N) is 1. The molecule has 2 aliphatic heterocycles. The average molecular weight is 242 g/mol. The molecule has 92 valence electrons. The summed E-state index contributed by atoms with van der Waals surface area (Å²) < 4.78 is 5.47. The number of nitrogens with zero attached hydrogens (tertiary/aromatic N) is 1. The van der Waals surface area contributed by atoms with Gasteiger partial charge in [-0.25, -0.2) is 0 Å². The molecule has 0 aromatic carbocycles. The summed E-state index contributed by atoms with van der Waals surface area (Å²) in [5.41, 5.74) is 0. The van der Waals surface area contributed by atoms with Crippen molar-refractivity contribution in [3.63, 3.8) is 0 Å². The number of amidine groups is 1. The van der Waals surface area contributed by atoms with E-state index in [1.54, 1.807) is 0 Å². The van der Waals surface area contributed by atoms with E-state index >= 15 is 0 Å². The smallest absolute Gasteiger partial charge is 0.156 e. The van der Waals surface area contributed by atoms with E-state index in [2.05, 4.69) is 17.2 Å². The highest BCUT2D eigenvalue weighted by atomic mass is 32.2. The zero-order valence-electron chi connectivity index (χ0n) is 10.1. The van der Waals surface area contributed by atoms with Crippen molar-refractivity contribution in [3.8, 4) is 0 Å². The van der Waals surface area contributed by atoms with Gasteiger partial charge < -0.3 is 10.1 Å². The van der Waals surface area contributed by atoms with Gasteiger partial charge >= 0.3 is 0 Å². The molecule has 2 aliphatic rings. The van der Waals surface area contributed by atoms with Crippen molar-refractivity contribution in [2.24, 2.45) is 10.9 Å². The molecule has 2 rings (SSSR count). The third kappa shape index (κ3) is 3.67. The van der Waals surface area contributed by atoms with E-state index in [-0.39, 0.29) is 0 Å². The molecule has 1 N–H and O–H groups in total. The first-order chi connectivity index (χ1) is 7.88. The molecule has 0 aromatic rings. The van der Waals surface area contributed by atoms with Crippen LogP contribution < -0.4 is 5.32 Å². The van der Waals surface area contributed by atoms with Crippen LogP contribution in [0.25, 0.3) is 0 Å². The van der Waals surface area contributed by atoms with Gasteiger partial charge in [0.2, 0.25) is 0 Å². The predicted octanol–water partition coefficient (Wildman–Crippen LogP) is 2.27.